The van der Waals surface area contributed by atoms with Crippen molar-refractivity contribution in [3.8, 4) is 0 Å². The average Bonchev–Trinajstić information content (AvgIpc) is 3.22. The summed E-state index contributed by atoms with van der Waals surface area (Å²) in [6.45, 7) is 4.98. The van der Waals surface area contributed by atoms with Crippen molar-refractivity contribution in [3.05, 3.63) is 0 Å². The van der Waals surface area contributed by atoms with Gasteiger partial charge in [-0.15, -0.1) is 0 Å². The first-order valence-corrected chi connectivity index (χ1v) is 7.40. The van der Waals surface area contributed by atoms with Crippen LogP contribution in [0.25, 0.3) is 0 Å². The van der Waals surface area contributed by atoms with E-state index in [0.717, 1.165) is 12.8 Å². The number of carboxylic acid groups (broad SMARTS) is 1. The van der Waals surface area contributed by atoms with Crippen LogP contribution in [0.4, 0.5) is 4.79 Å². The molecule has 21 heavy (non-hydrogen) atoms. The lowest BCUT2D eigenvalue weighted by atomic mass is 10.1. The first kappa shape index (κ1) is 17.3. The van der Waals surface area contributed by atoms with Gasteiger partial charge in [0.15, 0.2) is 0 Å². The molecule has 0 saturated heterocycles. The van der Waals surface area contributed by atoms with Crippen molar-refractivity contribution in [2.45, 2.75) is 39.2 Å². The van der Waals surface area contributed by atoms with Crippen LogP contribution in [0.5, 0.6) is 0 Å². The molecule has 0 aromatic heterocycles. The third-order valence-corrected chi connectivity index (χ3v) is 3.73. The third-order valence-electron chi connectivity index (χ3n) is 3.73. The van der Waals surface area contributed by atoms with E-state index < -0.39 is 12.0 Å². The summed E-state index contributed by atoms with van der Waals surface area (Å²) in [4.78, 5) is 37.8. The van der Waals surface area contributed by atoms with E-state index in [9.17, 15) is 14.4 Å². The summed E-state index contributed by atoms with van der Waals surface area (Å²) in [5, 5.41) is 11.6. The molecule has 120 valence electrons. The molecule has 1 unspecified atom stereocenters. The number of carboxylic acids is 1. The molecule has 7 nitrogen and oxygen atoms in total. The van der Waals surface area contributed by atoms with Gasteiger partial charge in [0.25, 0.3) is 0 Å². The van der Waals surface area contributed by atoms with Gasteiger partial charge in [0.2, 0.25) is 5.91 Å². The minimum absolute atomic E-state index is 0.00201. The summed E-state index contributed by atoms with van der Waals surface area (Å²) in [7, 11) is 1.54. The fraction of sp³-hybridized carbons (Fsp3) is 0.786. The number of carbonyl (C=O) groups is 3. The molecule has 1 aliphatic carbocycles. The molecule has 3 amide bonds. The lowest BCUT2D eigenvalue weighted by Crippen LogP contribution is -2.48. The second-order valence-electron chi connectivity index (χ2n) is 5.41. The maximum Gasteiger partial charge on any atom is 0.317 e. The van der Waals surface area contributed by atoms with Crippen LogP contribution < -0.4 is 5.32 Å². The number of likely N-dealkylation sites (N-methyl/N-ethyl adjacent to an activating group) is 2. The van der Waals surface area contributed by atoms with Crippen molar-refractivity contribution in [1.82, 2.24) is 15.1 Å². The number of nitrogens with zero attached hydrogens (tertiary/aromatic N) is 2. The topological polar surface area (TPSA) is 90.0 Å². The van der Waals surface area contributed by atoms with Crippen LogP contribution in [-0.4, -0.2) is 65.5 Å². The summed E-state index contributed by atoms with van der Waals surface area (Å²) >= 11 is 0. The number of hydrogen-bond acceptors (Lipinski definition) is 3. The van der Waals surface area contributed by atoms with Crippen molar-refractivity contribution in [3.63, 3.8) is 0 Å². The monoisotopic (exact) mass is 299 g/mol. The quantitative estimate of drug-likeness (QED) is 0.692. The maximum atomic E-state index is 12.1. The normalized spacial score (nSPS) is 15.2. The second kappa shape index (κ2) is 7.85. The minimum atomic E-state index is -0.922. The molecule has 1 atom stereocenters. The van der Waals surface area contributed by atoms with E-state index in [2.05, 4.69) is 5.32 Å². The highest BCUT2D eigenvalue weighted by molar-refractivity contribution is 5.84. The highest BCUT2D eigenvalue weighted by Crippen LogP contribution is 2.34. The van der Waals surface area contributed by atoms with Crippen molar-refractivity contribution in [2.24, 2.45) is 5.92 Å². The molecule has 1 aliphatic rings. The summed E-state index contributed by atoms with van der Waals surface area (Å²) in [6, 6.07) is -0.741. The van der Waals surface area contributed by atoms with Gasteiger partial charge >= 0.3 is 12.0 Å². The Kier molecular flexibility index (Phi) is 6.45. The summed E-state index contributed by atoms with van der Waals surface area (Å²) in [6.07, 6.45) is 1.81. The number of rotatable bonds is 8. The lowest BCUT2D eigenvalue weighted by Gasteiger charge is -2.25. The van der Waals surface area contributed by atoms with Crippen LogP contribution >= 0.6 is 0 Å². The first-order valence-electron chi connectivity index (χ1n) is 7.40. The number of aliphatic carboxylic acids is 1. The van der Waals surface area contributed by atoms with E-state index in [1.807, 2.05) is 13.8 Å². The van der Waals surface area contributed by atoms with Crippen LogP contribution in [-0.2, 0) is 9.59 Å². The van der Waals surface area contributed by atoms with E-state index in [-0.39, 0.29) is 30.8 Å². The molecule has 7 heteroatoms. The molecule has 2 N–H and O–H groups in total. The van der Waals surface area contributed by atoms with Crippen LogP contribution in [0, 0.1) is 5.92 Å². The van der Waals surface area contributed by atoms with Gasteiger partial charge in [-0.25, -0.2) is 4.79 Å². The SMILES string of the molecule is CCN(CC)C(=O)CN(C)C(=O)NC(CC(=O)O)C1CC1. The molecular formula is C14H25N3O4. The summed E-state index contributed by atoms with van der Waals surface area (Å²) < 4.78 is 0. The van der Waals surface area contributed by atoms with E-state index in [4.69, 9.17) is 5.11 Å². The molecule has 1 fully saturated rings. The zero-order valence-electron chi connectivity index (χ0n) is 13.0. The third kappa shape index (κ3) is 5.61. The van der Waals surface area contributed by atoms with Gasteiger partial charge in [-0.3, -0.25) is 9.59 Å². The van der Waals surface area contributed by atoms with Gasteiger partial charge in [-0.1, -0.05) is 0 Å². The standard InChI is InChI=1S/C14H25N3O4/c1-4-17(5-2)12(18)9-16(3)14(21)15-11(8-13(19)20)10-6-7-10/h10-11H,4-9H2,1-3H3,(H,15,21)(H,19,20). The number of urea groups is 1. The van der Waals surface area contributed by atoms with Gasteiger partial charge in [-0.05, 0) is 32.6 Å². The number of amides is 3. The molecule has 0 spiro atoms. The lowest BCUT2D eigenvalue weighted by molar-refractivity contribution is -0.137. The van der Waals surface area contributed by atoms with Gasteiger partial charge < -0.3 is 20.2 Å². The van der Waals surface area contributed by atoms with E-state index >= 15 is 0 Å². The van der Waals surface area contributed by atoms with Crippen LogP contribution in [0.1, 0.15) is 33.1 Å². The highest BCUT2D eigenvalue weighted by atomic mass is 16.4. The Bertz CT molecular complexity index is 392. The summed E-state index contributed by atoms with van der Waals surface area (Å²) in [5.74, 6) is -0.787. The zero-order valence-corrected chi connectivity index (χ0v) is 13.0. The molecule has 0 radical (unpaired) electrons. The first-order chi connectivity index (χ1) is 9.88. The highest BCUT2D eigenvalue weighted by Gasteiger charge is 2.34. The maximum absolute atomic E-state index is 12.1. The van der Waals surface area contributed by atoms with Gasteiger partial charge in [-0.2, -0.15) is 0 Å². The van der Waals surface area contributed by atoms with Gasteiger partial charge in [0, 0.05) is 26.2 Å². The van der Waals surface area contributed by atoms with Crippen LogP contribution in [0.15, 0.2) is 0 Å². The predicted octanol–water partition coefficient (Wildman–Crippen LogP) is 0.750. The van der Waals surface area contributed by atoms with Gasteiger partial charge in [0.05, 0.1) is 6.42 Å². The zero-order chi connectivity index (χ0) is 16.0. The minimum Gasteiger partial charge on any atom is -0.481 e. The largest absolute Gasteiger partial charge is 0.481 e. The molecule has 0 bridgehead atoms. The summed E-state index contributed by atoms with van der Waals surface area (Å²) in [5.41, 5.74) is 0. The predicted molar refractivity (Wildman–Crippen MR) is 77.9 cm³/mol. The van der Waals surface area contributed by atoms with E-state index in [1.165, 1.54) is 4.90 Å². The molecule has 0 aromatic carbocycles. The Hall–Kier alpha value is -1.79. The average molecular weight is 299 g/mol. The molecule has 1 rings (SSSR count). The molecular weight excluding hydrogens is 274 g/mol. The van der Waals surface area contributed by atoms with Crippen molar-refractivity contribution >= 4 is 17.9 Å². The smallest absolute Gasteiger partial charge is 0.317 e. The van der Waals surface area contributed by atoms with Crippen molar-refractivity contribution in [1.29, 1.82) is 0 Å². The molecule has 0 aliphatic heterocycles. The fourth-order valence-electron chi connectivity index (χ4n) is 2.24. The number of carbonyl (C=O) groups excluding carboxylic acids is 2. The van der Waals surface area contributed by atoms with Crippen molar-refractivity contribution < 1.29 is 19.5 Å². The Morgan fingerprint density at radius 2 is 1.81 bits per heavy atom. The van der Waals surface area contributed by atoms with Gasteiger partial charge in [0.1, 0.15) is 6.54 Å². The Balaban J connectivity index is 2.49. The second-order valence-corrected chi connectivity index (χ2v) is 5.41. The molecule has 1 saturated carbocycles. The number of hydrogen-bond donors (Lipinski definition) is 2. The molecule has 0 aromatic rings. The van der Waals surface area contributed by atoms with Crippen LogP contribution in [0.3, 0.4) is 0 Å². The van der Waals surface area contributed by atoms with Crippen molar-refractivity contribution in [2.75, 3.05) is 26.7 Å². The number of nitrogens with one attached hydrogen (secondary N) is 1. The molecule has 0 heterocycles. The van der Waals surface area contributed by atoms with Crippen LogP contribution in [0.2, 0.25) is 0 Å². The Labute approximate surface area is 125 Å². The fourth-order valence-corrected chi connectivity index (χ4v) is 2.24. The van der Waals surface area contributed by atoms with E-state index in [0.29, 0.717) is 13.1 Å². The Morgan fingerprint density at radius 1 is 1.24 bits per heavy atom. The van der Waals surface area contributed by atoms with E-state index in [1.54, 1.807) is 11.9 Å². The Morgan fingerprint density at radius 3 is 2.24 bits per heavy atom.